The van der Waals surface area contributed by atoms with Gasteiger partial charge in [-0.3, -0.25) is 0 Å². The highest BCUT2D eigenvalue weighted by atomic mass is 79.9. The molecule has 0 aromatic heterocycles. The molecule has 1 aromatic carbocycles. The Kier molecular flexibility index (Phi) is 4.73. The van der Waals surface area contributed by atoms with Crippen molar-refractivity contribution in [2.24, 2.45) is 0 Å². The van der Waals surface area contributed by atoms with Crippen LogP contribution in [0.5, 0.6) is 0 Å². The van der Waals surface area contributed by atoms with Crippen LogP contribution < -0.4 is 5.32 Å². The Bertz CT molecular complexity index is 428. The molecule has 0 unspecified atom stereocenters. The van der Waals surface area contributed by atoms with Crippen molar-refractivity contribution in [3.05, 3.63) is 28.2 Å². The third-order valence-corrected chi connectivity index (χ3v) is 3.64. The summed E-state index contributed by atoms with van der Waals surface area (Å²) in [5, 5.41) is 3.05. The van der Waals surface area contributed by atoms with E-state index < -0.39 is 11.7 Å². The Labute approximate surface area is 119 Å². The highest BCUT2D eigenvalue weighted by Gasteiger charge is 2.31. The molecule has 1 saturated heterocycles. The maximum Gasteiger partial charge on any atom is 0.416 e. The van der Waals surface area contributed by atoms with E-state index in [1.165, 1.54) is 12.8 Å². The van der Waals surface area contributed by atoms with Crippen LogP contribution in [0.15, 0.2) is 22.7 Å². The van der Waals surface area contributed by atoms with Crippen LogP contribution in [0.2, 0.25) is 0 Å². The number of likely N-dealkylation sites (tertiary alicyclic amines) is 1. The third-order valence-electron chi connectivity index (χ3n) is 3.18. The average molecular weight is 337 g/mol. The number of benzene rings is 1. The Balaban J connectivity index is 1.94. The van der Waals surface area contributed by atoms with Crippen LogP contribution in [0, 0.1) is 0 Å². The van der Waals surface area contributed by atoms with E-state index in [2.05, 4.69) is 26.1 Å². The number of anilines is 1. The molecule has 1 heterocycles. The molecule has 0 aliphatic carbocycles. The van der Waals surface area contributed by atoms with Crippen molar-refractivity contribution in [1.29, 1.82) is 0 Å². The Hall–Kier alpha value is -0.750. The summed E-state index contributed by atoms with van der Waals surface area (Å²) in [6.07, 6.45) is -1.88. The van der Waals surface area contributed by atoms with Crippen molar-refractivity contribution >= 4 is 21.6 Å². The lowest BCUT2D eigenvalue weighted by Gasteiger charge is -2.16. The highest BCUT2D eigenvalue weighted by molar-refractivity contribution is 9.10. The number of alkyl halides is 3. The van der Waals surface area contributed by atoms with Gasteiger partial charge in [0.2, 0.25) is 0 Å². The van der Waals surface area contributed by atoms with E-state index >= 15 is 0 Å². The Morgan fingerprint density at radius 1 is 1.16 bits per heavy atom. The van der Waals surface area contributed by atoms with Crippen LogP contribution in [-0.4, -0.2) is 31.1 Å². The standard InChI is InChI=1S/C13H16BrF3N2/c14-11-7-10(13(15,16)17)8-12(9-11)18-3-6-19-4-1-2-5-19/h7-9,18H,1-6H2. The molecule has 6 heteroatoms. The Morgan fingerprint density at radius 2 is 1.84 bits per heavy atom. The lowest BCUT2D eigenvalue weighted by Crippen LogP contribution is -2.26. The number of hydrogen-bond acceptors (Lipinski definition) is 2. The number of halogens is 4. The van der Waals surface area contributed by atoms with Crippen LogP contribution in [0.1, 0.15) is 18.4 Å². The monoisotopic (exact) mass is 336 g/mol. The fourth-order valence-corrected chi connectivity index (χ4v) is 2.71. The van der Waals surface area contributed by atoms with E-state index in [-0.39, 0.29) is 0 Å². The van der Waals surface area contributed by atoms with Gasteiger partial charge in [-0.15, -0.1) is 0 Å². The van der Waals surface area contributed by atoms with Gasteiger partial charge >= 0.3 is 6.18 Å². The molecule has 2 nitrogen and oxygen atoms in total. The second-order valence-electron chi connectivity index (χ2n) is 4.70. The molecule has 1 aliphatic rings. The normalized spacial score (nSPS) is 16.8. The lowest BCUT2D eigenvalue weighted by atomic mass is 10.2. The number of rotatable bonds is 4. The topological polar surface area (TPSA) is 15.3 Å². The molecule has 19 heavy (non-hydrogen) atoms. The van der Waals surface area contributed by atoms with Gasteiger partial charge in [-0.1, -0.05) is 15.9 Å². The molecule has 0 saturated carbocycles. The predicted octanol–water partition coefficient (Wildman–Crippen LogP) is 3.98. The fraction of sp³-hybridized carbons (Fsp3) is 0.538. The van der Waals surface area contributed by atoms with Gasteiger partial charge in [0.25, 0.3) is 0 Å². The van der Waals surface area contributed by atoms with E-state index in [0.717, 1.165) is 31.8 Å². The number of hydrogen-bond donors (Lipinski definition) is 1. The molecule has 0 spiro atoms. The van der Waals surface area contributed by atoms with E-state index in [4.69, 9.17) is 0 Å². The van der Waals surface area contributed by atoms with E-state index in [0.29, 0.717) is 16.7 Å². The zero-order valence-electron chi connectivity index (χ0n) is 10.4. The summed E-state index contributed by atoms with van der Waals surface area (Å²) in [5.74, 6) is 0. The second-order valence-corrected chi connectivity index (χ2v) is 5.62. The van der Waals surface area contributed by atoms with Gasteiger partial charge in [-0.25, -0.2) is 0 Å². The molecule has 1 N–H and O–H groups in total. The number of nitrogens with one attached hydrogen (secondary N) is 1. The van der Waals surface area contributed by atoms with Crippen LogP contribution in [0.3, 0.4) is 0 Å². The summed E-state index contributed by atoms with van der Waals surface area (Å²) >= 11 is 3.11. The van der Waals surface area contributed by atoms with E-state index in [1.807, 2.05) is 0 Å². The summed E-state index contributed by atoms with van der Waals surface area (Å²) in [4.78, 5) is 2.32. The molecule has 106 valence electrons. The van der Waals surface area contributed by atoms with Crippen molar-refractivity contribution in [2.45, 2.75) is 19.0 Å². The summed E-state index contributed by atoms with van der Waals surface area (Å²) in [5.41, 5.74) is -0.133. The van der Waals surface area contributed by atoms with Crippen LogP contribution >= 0.6 is 15.9 Å². The minimum Gasteiger partial charge on any atom is -0.384 e. The van der Waals surface area contributed by atoms with Crippen LogP contribution in [-0.2, 0) is 6.18 Å². The third kappa shape index (κ3) is 4.38. The molecule has 1 fully saturated rings. The summed E-state index contributed by atoms with van der Waals surface area (Å²) in [6, 6.07) is 3.90. The van der Waals surface area contributed by atoms with Crippen molar-refractivity contribution in [1.82, 2.24) is 4.90 Å². The predicted molar refractivity (Wildman–Crippen MR) is 73.3 cm³/mol. The quantitative estimate of drug-likeness (QED) is 0.894. The molecule has 0 atom stereocenters. The van der Waals surface area contributed by atoms with Gasteiger partial charge in [0.1, 0.15) is 0 Å². The highest BCUT2D eigenvalue weighted by Crippen LogP contribution is 2.33. The zero-order chi connectivity index (χ0) is 13.9. The van der Waals surface area contributed by atoms with Crippen molar-refractivity contribution in [3.63, 3.8) is 0 Å². The lowest BCUT2D eigenvalue weighted by molar-refractivity contribution is -0.137. The van der Waals surface area contributed by atoms with Gasteiger partial charge < -0.3 is 10.2 Å². The molecule has 1 aromatic rings. The minimum absolute atomic E-state index is 0.436. The summed E-state index contributed by atoms with van der Waals surface area (Å²) in [6.45, 7) is 3.71. The molecular weight excluding hydrogens is 321 g/mol. The molecule has 1 aliphatic heterocycles. The summed E-state index contributed by atoms with van der Waals surface area (Å²) < 4.78 is 38.4. The first-order valence-corrected chi connectivity index (χ1v) is 7.08. The second kappa shape index (κ2) is 6.13. The smallest absolute Gasteiger partial charge is 0.384 e. The van der Waals surface area contributed by atoms with E-state index in [1.54, 1.807) is 6.07 Å². The maximum atomic E-state index is 12.7. The van der Waals surface area contributed by atoms with Gasteiger partial charge in [0.05, 0.1) is 5.56 Å². The molecule has 2 rings (SSSR count). The maximum absolute atomic E-state index is 12.7. The Morgan fingerprint density at radius 3 is 2.47 bits per heavy atom. The van der Waals surface area contributed by atoms with Gasteiger partial charge in [-0.05, 0) is 44.1 Å². The van der Waals surface area contributed by atoms with Gasteiger partial charge in [-0.2, -0.15) is 13.2 Å². The van der Waals surface area contributed by atoms with Gasteiger partial charge in [0, 0.05) is 23.2 Å². The van der Waals surface area contributed by atoms with Crippen molar-refractivity contribution < 1.29 is 13.2 Å². The fourth-order valence-electron chi connectivity index (χ4n) is 2.22. The molecule has 0 amide bonds. The van der Waals surface area contributed by atoms with Crippen LogP contribution in [0.4, 0.5) is 18.9 Å². The first-order valence-electron chi connectivity index (χ1n) is 6.29. The first-order chi connectivity index (χ1) is 8.95. The average Bonchev–Trinajstić information content (AvgIpc) is 2.80. The first kappa shape index (κ1) is 14.7. The van der Waals surface area contributed by atoms with Gasteiger partial charge in [0.15, 0.2) is 0 Å². The molecule has 0 radical (unpaired) electrons. The van der Waals surface area contributed by atoms with Crippen molar-refractivity contribution in [2.75, 3.05) is 31.5 Å². The van der Waals surface area contributed by atoms with Crippen molar-refractivity contribution in [3.8, 4) is 0 Å². The van der Waals surface area contributed by atoms with Crippen LogP contribution in [0.25, 0.3) is 0 Å². The summed E-state index contributed by atoms with van der Waals surface area (Å²) in [7, 11) is 0. The zero-order valence-corrected chi connectivity index (χ0v) is 12.0. The minimum atomic E-state index is -4.31. The SMILES string of the molecule is FC(F)(F)c1cc(Br)cc(NCCN2CCCC2)c1. The largest absolute Gasteiger partial charge is 0.416 e. The molecular formula is C13H16BrF3N2. The van der Waals surface area contributed by atoms with E-state index in [9.17, 15) is 13.2 Å². The number of nitrogens with zero attached hydrogens (tertiary/aromatic N) is 1. The molecule has 0 bridgehead atoms.